The molecule has 0 saturated carbocycles. The molecule has 284 valence electrons. The van der Waals surface area contributed by atoms with Gasteiger partial charge >= 0.3 is 11.4 Å². The Labute approximate surface area is 316 Å². The third-order valence-electron chi connectivity index (χ3n) is 7.71. The van der Waals surface area contributed by atoms with Gasteiger partial charge in [-0.2, -0.15) is 4.39 Å². The summed E-state index contributed by atoms with van der Waals surface area (Å²) in [6.07, 6.45) is 3.68. The van der Waals surface area contributed by atoms with E-state index in [2.05, 4.69) is 19.9 Å². The van der Waals surface area contributed by atoms with Crippen LogP contribution in [-0.2, 0) is 12.8 Å². The fourth-order valence-corrected chi connectivity index (χ4v) is 5.32. The molecule has 0 saturated heterocycles. The summed E-state index contributed by atoms with van der Waals surface area (Å²) in [5, 5.41) is 29.7. The Kier molecular flexibility index (Phi) is 15.2. The Morgan fingerprint density at radius 3 is 1.55 bits per heavy atom. The molecular formula is C40H39FN6O8. The van der Waals surface area contributed by atoms with Crippen LogP contribution in [0.2, 0.25) is 0 Å². The largest absolute Gasteiger partial charge is 0.496 e. The Morgan fingerprint density at radius 1 is 0.636 bits per heavy atom. The van der Waals surface area contributed by atoms with Crippen molar-refractivity contribution in [3.05, 3.63) is 158 Å². The lowest BCUT2D eigenvalue weighted by molar-refractivity contribution is -0.387. The number of ether oxygens (including phenoxy) is 3. The Bertz CT molecular complexity index is 2220. The van der Waals surface area contributed by atoms with E-state index >= 15 is 0 Å². The maximum Gasteiger partial charge on any atom is 0.311 e. The molecule has 0 bridgehead atoms. The average molecular weight is 751 g/mol. The molecular weight excluding hydrogens is 711 g/mol. The first kappa shape index (κ1) is 40.9. The third-order valence-corrected chi connectivity index (χ3v) is 7.71. The predicted octanol–water partition coefficient (Wildman–Crippen LogP) is 7.84. The van der Waals surface area contributed by atoms with Crippen molar-refractivity contribution in [3.63, 3.8) is 0 Å². The van der Waals surface area contributed by atoms with Crippen molar-refractivity contribution in [2.45, 2.75) is 26.7 Å². The van der Waals surface area contributed by atoms with E-state index in [0.29, 0.717) is 42.1 Å². The van der Waals surface area contributed by atoms with Crippen LogP contribution in [0.25, 0.3) is 22.5 Å². The van der Waals surface area contributed by atoms with Gasteiger partial charge in [-0.25, -0.2) is 19.9 Å². The number of aliphatic hydroxyl groups excluding tert-OH is 1. The van der Waals surface area contributed by atoms with Gasteiger partial charge in [0.1, 0.15) is 24.2 Å². The van der Waals surface area contributed by atoms with Crippen molar-refractivity contribution in [2.24, 2.45) is 0 Å². The lowest BCUT2D eigenvalue weighted by Gasteiger charge is -2.09. The Balaban J connectivity index is 0.000000229. The smallest absolute Gasteiger partial charge is 0.311 e. The minimum absolute atomic E-state index is 0.0478. The van der Waals surface area contributed by atoms with Gasteiger partial charge < -0.3 is 19.3 Å². The van der Waals surface area contributed by atoms with Crippen LogP contribution in [0.1, 0.15) is 36.4 Å². The summed E-state index contributed by atoms with van der Waals surface area (Å²) in [6, 6.07) is 27.5. The van der Waals surface area contributed by atoms with Gasteiger partial charge in [-0.3, -0.25) is 20.2 Å². The Hall–Kier alpha value is -6.87. The van der Waals surface area contributed by atoms with Crippen LogP contribution < -0.4 is 14.2 Å². The van der Waals surface area contributed by atoms with Gasteiger partial charge in [-0.15, -0.1) is 0 Å². The molecule has 0 atom stereocenters. The number of halogens is 1. The van der Waals surface area contributed by atoms with E-state index in [0.717, 1.165) is 39.9 Å². The summed E-state index contributed by atoms with van der Waals surface area (Å²) < 4.78 is 29.5. The topological polar surface area (TPSA) is 186 Å². The number of nitrogens with zero attached hydrogens (tertiary/aromatic N) is 6. The van der Waals surface area contributed by atoms with Crippen LogP contribution in [0, 0.1) is 26.0 Å². The van der Waals surface area contributed by atoms with E-state index in [-0.39, 0.29) is 18.0 Å². The van der Waals surface area contributed by atoms with Gasteiger partial charge in [0.15, 0.2) is 5.75 Å². The number of nitro groups is 2. The first-order valence-electron chi connectivity index (χ1n) is 16.9. The summed E-state index contributed by atoms with van der Waals surface area (Å²) in [5.41, 5.74) is 5.29. The molecule has 0 spiro atoms. The number of aromatic nitrogens is 4. The zero-order valence-corrected chi connectivity index (χ0v) is 30.6. The molecule has 2 aromatic heterocycles. The van der Waals surface area contributed by atoms with E-state index in [1.807, 2.05) is 60.7 Å². The molecule has 0 radical (unpaired) electrons. The normalized spacial score (nSPS) is 10.2. The SMILES string of the molecule is CCO.CCOc1ccc(Cc2cc(-c3ccccc3OC)ncn2)cc1[N+](=O)[O-].COc1ccccc1-c1cc(Cc2ccc(F)c([N+](=O)[O-])c2)ncn1. The number of rotatable bonds is 12. The van der Waals surface area contributed by atoms with Gasteiger partial charge in [-0.05, 0) is 73.5 Å². The highest BCUT2D eigenvalue weighted by atomic mass is 19.1. The fraction of sp³-hybridized carbons (Fsp3) is 0.200. The molecule has 0 aliphatic carbocycles. The predicted molar refractivity (Wildman–Crippen MR) is 204 cm³/mol. The minimum atomic E-state index is -0.855. The highest BCUT2D eigenvalue weighted by molar-refractivity contribution is 5.68. The first-order valence-corrected chi connectivity index (χ1v) is 16.9. The minimum Gasteiger partial charge on any atom is -0.496 e. The standard InChI is InChI=1S/C20H19N3O4.C18H14FN3O3.C2H6O/c1-3-27-20-9-8-14(11-18(20)23(24)25)10-15-12-17(22-13-21-15)16-6-4-5-7-19(16)26-2;1-25-18-5-3-2-4-14(18)16-10-13(20-11-21-16)8-12-6-7-15(19)17(9-12)22(23)24;1-2-3/h4-9,11-13H,3,10H2,1-2H3;2-7,9-11H,8H2,1H3;3H,2H2,1H3. The summed E-state index contributed by atoms with van der Waals surface area (Å²) in [6.45, 7) is 4.09. The number of hydrogen-bond acceptors (Lipinski definition) is 12. The van der Waals surface area contributed by atoms with Gasteiger partial charge in [0.05, 0.1) is 42.1 Å². The summed E-state index contributed by atoms with van der Waals surface area (Å²) in [5.74, 6) is 0.818. The molecule has 14 nitrogen and oxygen atoms in total. The van der Waals surface area contributed by atoms with Crippen LogP contribution in [0.5, 0.6) is 17.2 Å². The second-order valence-corrected chi connectivity index (χ2v) is 11.4. The molecule has 6 rings (SSSR count). The molecule has 55 heavy (non-hydrogen) atoms. The lowest BCUT2D eigenvalue weighted by Crippen LogP contribution is -2.00. The highest BCUT2D eigenvalue weighted by Crippen LogP contribution is 2.31. The summed E-state index contributed by atoms with van der Waals surface area (Å²) in [4.78, 5) is 38.1. The Morgan fingerprint density at radius 2 is 1.09 bits per heavy atom. The van der Waals surface area contributed by atoms with Crippen molar-refractivity contribution in [3.8, 4) is 39.8 Å². The molecule has 0 fully saturated rings. The van der Waals surface area contributed by atoms with E-state index < -0.39 is 21.4 Å². The van der Waals surface area contributed by atoms with E-state index in [4.69, 9.17) is 19.3 Å². The molecule has 2 heterocycles. The molecule has 15 heteroatoms. The van der Waals surface area contributed by atoms with Gasteiger partial charge in [0.25, 0.3) is 0 Å². The molecule has 1 N–H and O–H groups in total. The molecule has 0 amide bonds. The lowest BCUT2D eigenvalue weighted by atomic mass is 10.1. The monoisotopic (exact) mass is 750 g/mol. The number of para-hydroxylation sites is 2. The maximum atomic E-state index is 13.4. The van der Waals surface area contributed by atoms with E-state index in [9.17, 15) is 24.6 Å². The van der Waals surface area contributed by atoms with Crippen molar-refractivity contribution in [2.75, 3.05) is 27.4 Å². The first-order chi connectivity index (χ1) is 26.6. The quantitative estimate of drug-likeness (QED) is 0.0945. The number of hydrogen-bond donors (Lipinski definition) is 1. The summed E-state index contributed by atoms with van der Waals surface area (Å²) >= 11 is 0. The van der Waals surface area contributed by atoms with Crippen LogP contribution in [0.3, 0.4) is 0 Å². The molecule has 0 aliphatic rings. The van der Waals surface area contributed by atoms with Crippen molar-refractivity contribution in [1.82, 2.24) is 19.9 Å². The summed E-state index contributed by atoms with van der Waals surface area (Å²) in [7, 11) is 3.19. The van der Waals surface area contributed by atoms with Crippen LogP contribution in [0.15, 0.2) is 110 Å². The van der Waals surface area contributed by atoms with Crippen molar-refractivity contribution in [1.29, 1.82) is 0 Å². The molecule has 0 unspecified atom stereocenters. The zero-order valence-electron chi connectivity index (χ0n) is 30.6. The van der Waals surface area contributed by atoms with Crippen LogP contribution >= 0.6 is 0 Å². The number of methoxy groups -OCH3 is 2. The fourth-order valence-electron chi connectivity index (χ4n) is 5.32. The van der Waals surface area contributed by atoms with Gasteiger partial charge in [0, 0.05) is 54.1 Å². The van der Waals surface area contributed by atoms with Crippen LogP contribution in [0.4, 0.5) is 15.8 Å². The number of benzene rings is 4. The second-order valence-electron chi connectivity index (χ2n) is 11.4. The van der Waals surface area contributed by atoms with E-state index in [1.165, 1.54) is 30.9 Å². The number of aliphatic hydroxyl groups is 1. The maximum absolute atomic E-state index is 13.4. The van der Waals surface area contributed by atoms with Gasteiger partial charge in [0.2, 0.25) is 5.82 Å². The van der Waals surface area contributed by atoms with Crippen molar-refractivity contribution >= 4 is 11.4 Å². The van der Waals surface area contributed by atoms with E-state index in [1.54, 1.807) is 40.2 Å². The number of nitro benzene ring substituents is 2. The second kappa shape index (κ2) is 20.4. The van der Waals surface area contributed by atoms with Gasteiger partial charge in [-0.1, -0.05) is 36.4 Å². The third kappa shape index (κ3) is 11.3. The average Bonchev–Trinajstić information content (AvgIpc) is 3.20. The highest BCUT2D eigenvalue weighted by Gasteiger charge is 2.17. The van der Waals surface area contributed by atoms with Crippen LogP contribution in [-0.4, -0.2) is 62.3 Å². The molecule has 6 aromatic rings. The van der Waals surface area contributed by atoms with Crippen molar-refractivity contribution < 1.29 is 33.6 Å². The molecule has 4 aromatic carbocycles. The zero-order chi connectivity index (χ0) is 39.7. The molecule has 0 aliphatic heterocycles.